The fourth-order valence-corrected chi connectivity index (χ4v) is 1.27. The Kier molecular flexibility index (Phi) is 4.43. The molecule has 0 radical (unpaired) electrons. The highest BCUT2D eigenvalue weighted by Gasteiger charge is 1.95. The SMILES string of the molecule is O=C1C/C=C/CCCC/C=C/C1. The summed E-state index contributed by atoms with van der Waals surface area (Å²) >= 11 is 0. The van der Waals surface area contributed by atoms with Crippen molar-refractivity contribution in [1.29, 1.82) is 0 Å². The van der Waals surface area contributed by atoms with Crippen molar-refractivity contribution in [2.45, 2.75) is 38.5 Å². The number of hydrogen-bond acceptors (Lipinski definition) is 1. The predicted octanol–water partition coefficient (Wildman–Crippen LogP) is 3.02. The molecule has 1 heteroatoms. The van der Waals surface area contributed by atoms with Crippen LogP contribution in [-0.2, 0) is 4.79 Å². The van der Waals surface area contributed by atoms with Crippen LogP contribution in [0.4, 0.5) is 0 Å². The van der Waals surface area contributed by atoms with Crippen LogP contribution in [0.15, 0.2) is 24.3 Å². The first-order chi connectivity index (χ1) is 5.89. The van der Waals surface area contributed by atoms with E-state index in [0.717, 1.165) is 12.8 Å². The van der Waals surface area contributed by atoms with Gasteiger partial charge in [0.25, 0.3) is 0 Å². The smallest absolute Gasteiger partial charge is 0.140 e. The fourth-order valence-electron chi connectivity index (χ4n) is 1.27. The van der Waals surface area contributed by atoms with E-state index in [2.05, 4.69) is 12.2 Å². The Balaban J connectivity index is 2.39. The molecule has 0 atom stereocenters. The van der Waals surface area contributed by atoms with E-state index in [9.17, 15) is 4.79 Å². The van der Waals surface area contributed by atoms with Gasteiger partial charge in [-0.2, -0.15) is 0 Å². The first-order valence-corrected chi connectivity index (χ1v) is 4.71. The molecule has 1 nitrogen and oxygen atoms in total. The lowest BCUT2D eigenvalue weighted by Gasteiger charge is -1.90. The van der Waals surface area contributed by atoms with Crippen molar-refractivity contribution in [3.05, 3.63) is 24.3 Å². The number of carbonyl (C=O) groups is 1. The van der Waals surface area contributed by atoms with Crippen LogP contribution in [0, 0.1) is 0 Å². The number of Topliss-reactive ketones (excluding diaryl/α,β-unsaturated/α-hetero) is 1. The van der Waals surface area contributed by atoms with Gasteiger partial charge >= 0.3 is 0 Å². The Morgan fingerprint density at radius 1 is 0.833 bits per heavy atom. The van der Waals surface area contributed by atoms with E-state index in [1.807, 2.05) is 12.2 Å². The van der Waals surface area contributed by atoms with Crippen molar-refractivity contribution >= 4 is 5.78 Å². The van der Waals surface area contributed by atoms with Crippen LogP contribution in [0.1, 0.15) is 38.5 Å². The van der Waals surface area contributed by atoms with Crippen molar-refractivity contribution in [3.63, 3.8) is 0 Å². The van der Waals surface area contributed by atoms with Crippen LogP contribution in [-0.4, -0.2) is 5.78 Å². The first kappa shape index (κ1) is 9.24. The summed E-state index contributed by atoms with van der Waals surface area (Å²) in [6, 6.07) is 0. The second-order valence-electron chi connectivity index (χ2n) is 3.17. The molecule has 1 aliphatic rings. The van der Waals surface area contributed by atoms with Crippen LogP contribution < -0.4 is 0 Å². The molecule has 0 amide bonds. The lowest BCUT2D eigenvalue weighted by atomic mass is 10.2. The Morgan fingerprint density at radius 2 is 1.33 bits per heavy atom. The van der Waals surface area contributed by atoms with Crippen LogP contribution >= 0.6 is 0 Å². The van der Waals surface area contributed by atoms with Gasteiger partial charge in [-0.3, -0.25) is 4.79 Å². The summed E-state index contributed by atoms with van der Waals surface area (Å²) in [4.78, 5) is 11.1. The molecular weight excluding hydrogens is 148 g/mol. The van der Waals surface area contributed by atoms with Crippen molar-refractivity contribution in [3.8, 4) is 0 Å². The topological polar surface area (TPSA) is 17.1 Å². The summed E-state index contributed by atoms with van der Waals surface area (Å²) in [6.07, 6.45) is 14.2. The summed E-state index contributed by atoms with van der Waals surface area (Å²) in [7, 11) is 0. The van der Waals surface area contributed by atoms with Gasteiger partial charge in [0.1, 0.15) is 5.78 Å². The number of allylic oxidation sites excluding steroid dienone is 4. The Labute approximate surface area is 74.2 Å². The molecule has 0 spiro atoms. The van der Waals surface area contributed by atoms with Gasteiger partial charge in [0.2, 0.25) is 0 Å². The summed E-state index contributed by atoms with van der Waals surface area (Å²) < 4.78 is 0. The average Bonchev–Trinajstić information content (AvgIpc) is 2.11. The monoisotopic (exact) mass is 164 g/mol. The average molecular weight is 164 g/mol. The Hall–Kier alpha value is -0.850. The van der Waals surface area contributed by atoms with Gasteiger partial charge in [-0.1, -0.05) is 24.3 Å². The molecule has 0 heterocycles. The highest BCUT2D eigenvalue weighted by Crippen LogP contribution is 2.05. The lowest BCUT2D eigenvalue weighted by Crippen LogP contribution is -1.91. The third-order valence-corrected chi connectivity index (χ3v) is 2.02. The molecular formula is C11H16O. The molecule has 0 fully saturated rings. The minimum Gasteiger partial charge on any atom is -0.299 e. The van der Waals surface area contributed by atoms with Gasteiger partial charge in [0.05, 0.1) is 0 Å². The normalized spacial score (nSPS) is 25.8. The minimum absolute atomic E-state index is 0.324. The Bertz CT molecular complexity index is 169. The zero-order valence-electron chi connectivity index (χ0n) is 7.46. The van der Waals surface area contributed by atoms with Crippen LogP contribution in [0.2, 0.25) is 0 Å². The minimum atomic E-state index is 0.324. The fraction of sp³-hybridized carbons (Fsp3) is 0.545. The highest BCUT2D eigenvalue weighted by atomic mass is 16.1. The van der Waals surface area contributed by atoms with Gasteiger partial charge in [-0.05, 0) is 25.7 Å². The standard InChI is InChI=1S/C11H16O/c12-11-9-7-5-3-1-2-4-6-8-10-11/h5-8H,1-4,9-10H2/b7-5+,8-6+. The number of rotatable bonds is 0. The molecule has 0 N–H and O–H groups in total. The summed E-state index contributed by atoms with van der Waals surface area (Å²) in [5.41, 5.74) is 0. The van der Waals surface area contributed by atoms with Crippen molar-refractivity contribution in [1.82, 2.24) is 0 Å². The summed E-state index contributed by atoms with van der Waals surface area (Å²) in [6.45, 7) is 0. The van der Waals surface area contributed by atoms with Gasteiger partial charge in [0.15, 0.2) is 0 Å². The predicted molar refractivity (Wildman–Crippen MR) is 51.0 cm³/mol. The van der Waals surface area contributed by atoms with Gasteiger partial charge in [-0.15, -0.1) is 0 Å². The van der Waals surface area contributed by atoms with E-state index in [0.29, 0.717) is 18.6 Å². The molecule has 0 aromatic heterocycles. The van der Waals surface area contributed by atoms with Gasteiger partial charge in [0, 0.05) is 12.8 Å². The maximum absolute atomic E-state index is 11.1. The highest BCUT2D eigenvalue weighted by molar-refractivity contribution is 5.81. The first-order valence-electron chi connectivity index (χ1n) is 4.71. The maximum Gasteiger partial charge on any atom is 0.140 e. The van der Waals surface area contributed by atoms with Gasteiger partial charge in [-0.25, -0.2) is 0 Å². The third kappa shape index (κ3) is 4.12. The summed E-state index contributed by atoms with van der Waals surface area (Å²) in [5.74, 6) is 0.324. The van der Waals surface area contributed by atoms with Crippen LogP contribution in [0.25, 0.3) is 0 Å². The number of hydrogen-bond donors (Lipinski definition) is 0. The van der Waals surface area contributed by atoms with E-state index in [1.54, 1.807) is 0 Å². The molecule has 0 saturated heterocycles. The molecule has 12 heavy (non-hydrogen) atoms. The second-order valence-corrected chi connectivity index (χ2v) is 3.17. The summed E-state index contributed by atoms with van der Waals surface area (Å²) in [5, 5.41) is 0. The molecule has 66 valence electrons. The molecule has 0 aliphatic heterocycles. The van der Waals surface area contributed by atoms with Crippen molar-refractivity contribution in [2.24, 2.45) is 0 Å². The van der Waals surface area contributed by atoms with Crippen molar-refractivity contribution in [2.75, 3.05) is 0 Å². The molecule has 1 aliphatic carbocycles. The molecule has 0 aromatic rings. The van der Waals surface area contributed by atoms with E-state index in [4.69, 9.17) is 0 Å². The molecule has 0 aromatic carbocycles. The molecule has 0 saturated carbocycles. The van der Waals surface area contributed by atoms with Crippen molar-refractivity contribution < 1.29 is 4.79 Å². The molecule has 0 bridgehead atoms. The largest absolute Gasteiger partial charge is 0.299 e. The zero-order valence-corrected chi connectivity index (χ0v) is 7.46. The zero-order chi connectivity index (χ0) is 8.65. The van der Waals surface area contributed by atoms with E-state index >= 15 is 0 Å². The van der Waals surface area contributed by atoms with Gasteiger partial charge < -0.3 is 0 Å². The second kappa shape index (κ2) is 5.76. The molecule has 0 unspecified atom stereocenters. The maximum atomic E-state index is 11.1. The van der Waals surface area contributed by atoms with E-state index in [-0.39, 0.29) is 0 Å². The quantitative estimate of drug-likeness (QED) is 0.503. The van der Waals surface area contributed by atoms with E-state index < -0.39 is 0 Å². The number of carbonyl (C=O) groups excluding carboxylic acids is 1. The third-order valence-electron chi connectivity index (χ3n) is 2.02. The number of ketones is 1. The molecule has 1 rings (SSSR count). The van der Waals surface area contributed by atoms with E-state index in [1.165, 1.54) is 12.8 Å². The lowest BCUT2D eigenvalue weighted by molar-refractivity contribution is -0.117. The van der Waals surface area contributed by atoms with Crippen LogP contribution in [0.5, 0.6) is 0 Å². The van der Waals surface area contributed by atoms with Crippen LogP contribution in [0.3, 0.4) is 0 Å². The Morgan fingerprint density at radius 3 is 1.83 bits per heavy atom.